The minimum atomic E-state index is 0.902. The van der Waals surface area contributed by atoms with Gasteiger partial charge < -0.3 is 4.42 Å². The van der Waals surface area contributed by atoms with Gasteiger partial charge in [-0.25, -0.2) is 0 Å². The summed E-state index contributed by atoms with van der Waals surface area (Å²) in [5.41, 5.74) is 13.9. The minimum absolute atomic E-state index is 0.902. The van der Waals surface area contributed by atoms with Gasteiger partial charge in [0.05, 0.1) is 0 Å². The van der Waals surface area contributed by atoms with E-state index in [1.54, 1.807) is 0 Å². The first kappa shape index (κ1) is 33.4. The van der Waals surface area contributed by atoms with E-state index in [2.05, 4.69) is 206 Å². The molecule has 0 saturated heterocycles. The second-order valence-corrected chi connectivity index (χ2v) is 15.5. The van der Waals surface area contributed by atoms with E-state index in [1.165, 1.54) is 93.2 Å². The van der Waals surface area contributed by atoms with Gasteiger partial charge in [0.25, 0.3) is 0 Å². The average molecular weight is 749 g/mol. The lowest BCUT2D eigenvalue weighted by Gasteiger charge is -2.20. The van der Waals surface area contributed by atoms with Gasteiger partial charge in [0.15, 0.2) is 0 Å². The molecule has 0 unspecified atom stereocenters. The summed E-state index contributed by atoms with van der Waals surface area (Å²) >= 11 is 0. The highest BCUT2D eigenvalue weighted by atomic mass is 16.3. The minimum Gasteiger partial charge on any atom is -0.456 e. The molecule has 0 aliphatic rings. The van der Waals surface area contributed by atoms with E-state index in [1.807, 2.05) is 12.1 Å². The van der Waals surface area contributed by atoms with E-state index in [0.29, 0.717) is 0 Å². The smallest absolute Gasteiger partial charge is 0.135 e. The lowest BCUT2D eigenvalue weighted by Crippen LogP contribution is -1.93. The zero-order chi connectivity index (χ0) is 38.9. The van der Waals surface area contributed by atoms with Gasteiger partial charge in [0, 0.05) is 10.8 Å². The maximum Gasteiger partial charge on any atom is 0.135 e. The van der Waals surface area contributed by atoms with E-state index in [4.69, 9.17) is 4.42 Å². The summed E-state index contributed by atoms with van der Waals surface area (Å²) in [7, 11) is 0. The lowest BCUT2D eigenvalue weighted by molar-refractivity contribution is 0.669. The molecule has 0 N–H and O–H groups in total. The van der Waals surface area contributed by atoms with Gasteiger partial charge >= 0.3 is 0 Å². The van der Waals surface area contributed by atoms with Gasteiger partial charge in [0.2, 0.25) is 0 Å². The molecule has 1 nitrogen and oxygen atoms in total. The first-order valence-electron chi connectivity index (χ1n) is 20.3. The maximum atomic E-state index is 6.24. The van der Waals surface area contributed by atoms with Crippen molar-refractivity contribution in [2.75, 3.05) is 0 Å². The highest BCUT2D eigenvalue weighted by Crippen LogP contribution is 2.48. The molecule has 12 rings (SSSR count). The first-order chi connectivity index (χ1) is 29.3. The van der Waals surface area contributed by atoms with Gasteiger partial charge in [-0.05, 0) is 123 Å². The van der Waals surface area contributed by atoms with Crippen LogP contribution in [0.15, 0.2) is 223 Å². The number of rotatable bonds is 5. The van der Waals surface area contributed by atoms with Crippen LogP contribution in [0.5, 0.6) is 0 Å². The second-order valence-electron chi connectivity index (χ2n) is 15.5. The Bertz CT molecular complexity index is 3530. The van der Waals surface area contributed by atoms with Gasteiger partial charge in [-0.15, -0.1) is 0 Å². The quantitative estimate of drug-likeness (QED) is 0.126. The monoisotopic (exact) mass is 748 g/mol. The van der Waals surface area contributed by atoms with Gasteiger partial charge in [0.1, 0.15) is 11.2 Å². The summed E-state index contributed by atoms with van der Waals surface area (Å²) in [4.78, 5) is 0. The van der Waals surface area contributed by atoms with Crippen LogP contribution in [-0.2, 0) is 0 Å². The zero-order valence-electron chi connectivity index (χ0n) is 32.2. The summed E-state index contributed by atoms with van der Waals surface area (Å²) in [5.74, 6) is 0. The van der Waals surface area contributed by atoms with Crippen molar-refractivity contribution in [2.45, 2.75) is 0 Å². The average Bonchev–Trinajstić information content (AvgIpc) is 3.69. The fourth-order valence-corrected chi connectivity index (χ4v) is 9.65. The van der Waals surface area contributed by atoms with Crippen molar-refractivity contribution < 1.29 is 4.42 Å². The van der Waals surface area contributed by atoms with Crippen molar-refractivity contribution in [3.63, 3.8) is 0 Å². The van der Waals surface area contributed by atoms with E-state index < -0.39 is 0 Å². The van der Waals surface area contributed by atoms with Crippen molar-refractivity contribution in [3.8, 4) is 55.6 Å². The normalized spacial score (nSPS) is 11.7. The summed E-state index contributed by atoms with van der Waals surface area (Å²) in [6.07, 6.45) is 0. The number of benzene rings is 11. The Hall–Kier alpha value is -7.74. The Morgan fingerprint density at radius 3 is 1.41 bits per heavy atom. The topological polar surface area (TPSA) is 13.1 Å². The Morgan fingerprint density at radius 1 is 0.220 bits per heavy atom. The van der Waals surface area contributed by atoms with Crippen LogP contribution in [0.3, 0.4) is 0 Å². The SMILES string of the molecule is c1ccc(-c2cccc(-c3ccc4oc5ccccc5c4c3)c2-c2ccc(-c3c4ccccc4c(-c4cc5ccccc5c5ccccc45)c4ccccc34)cc2)cc1. The molecule has 0 radical (unpaired) electrons. The van der Waals surface area contributed by atoms with Crippen LogP contribution < -0.4 is 0 Å². The number of para-hydroxylation sites is 1. The molecule has 0 bridgehead atoms. The predicted octanol–water partition coefficient (Wildman–Crippen LogP) is 16.5. The van der Waals surface area contributed by atoms with Crippen molar-refractivity contribution >= 4 is 65.0 Å². The molecule has 1 heteroatoms. The summed E-state index contributed by atoms with van der Waals surface area (Å²) in [6, 6.07) is 79.6. The van der Waals surface area contributed by atoms with Crippen LogP contribution in [0.25, 0.3) is 121 Å². The predicted molar refractivity (Wildman–Crippen MR) is 251 cm³/mol. The van der Waals surface area contributed by atoms with E-state index in [9.17, 15) is 0 Å². The van der Waals surface area contributed by atoms with E-state index >= 15 is 0 Å². The van der Waals surface area contributed by atoms with Crippen molar-refractivity contribution in [3.05, 3.63) is 218 Å². The Kier molecular flexibility index (Phi) is 7.61. The molecule has 1 heterocycles. The summed E-state index contributed by atoms with van der Waals surface area (Å²) in [6.45, 7) is 0. The third-order valence-electron chi connectivity index (χ3n) is 12.3. The summed E-state index contributed by atoms with van der Waals surface area (Å²) < 4.78 is 6.24. The van der Waals surface area contributed by atoms with Crippen molar-refractivity contribution in [2.24, 2.45) is 0 Å². The van der Waals surface area contributed by atoms with Crippen molar-refractivity contribution in [1.82, 2.24) is 0 Å². The molecule has 0 saturated carbocycles. The van der Waals surface area contributed by atoms with Gasteiger partial charge in [-0.1, -0.05) is 194 Å². The molecular formula is C58H36O. The van der Waals surface area contributed by atoms with Crippen molar-refractivity contribution in [1.29, 1.82) is 0 Å². The Morgan fingerprint density at radius 2 is 0.712 bits per heavy atom. The highest BCUT2D eigenvalue weighted by molar-refractivity contribution is 6.25. The first-order valence-corrected chi connectivity index (χ1v) is 20.3. The van der Waals surface area contributed by atoms with Crippen LogP contribution in [0, 0.1) is 0 Å². The largest absolute Gasteiger partial charge is 0.456 e. The number of hydrogen-bond acceptors (Lipinski definition) is 1. The molecule has 0 fully saturated rings. The molecule has 59 heavy (non-hydrogen) atoms. The maximum absolute atomic E-state index is 6.24. The fraction of sp³-hybridized carbons (Fsp3) is 0. The highest BCUT2D eigenvalue weighted by Gasteiger charge is 2.20. The van der Waals surface area contributed by atoms with Crippen LogP contribution in [-0.4, -0.2) is 0 Å². The lowest BCUT2D eigenvalue weighted by atomic mass is 9.83. The van der Waals surface area contributed by atoms with E-state index in [-0.39, 0.29) is 0 Å². The molecule has 12 aromatic rings. The van der Waals surface area contributed by atoms with Crippen LogP contribution >= 0.6 is 0 Å². The van der Waals surface area contributed by atoms with Crippen LogP contribution in [0.4, 0.5) is 0 Å². The van der Waals surface area contributed by atoms with Crippen LogP contribution in [0.2, 0.25) is 0 Å². The molecule has 0 aliphatic heterocycles. The molecule has 0 atom stereocenters. The zero-order valence-corrected chi connectivity index (χ0v) is 32.2. The molecule has 1 aromatic heterocycles. The number of fused-ring (bicyclic) bond motifs is 8. The number of hydrogen-bond donors (Lipinski definition) is 0. The van der Waals surface area contributed by atoms with E-state index in [0.717, 1.165) is 27.5 Å². The third-order valence-corrected chi connectivity index (χ3v) is 12.3. The van der Waals surface area contributed by atoms with Gasteiger partial charge in [-0.3, -0.25) is 0 Å². The molecule has 11 aromatic carbocycles. The molecule has 274 valence electrons. The molecule has 0 amide bonds. The number of furan rings is 1. The van der Waals surface area contributed by atoms with Crippen LogP contribution in [0.1, 0.15) is 0 Å². The molecule has 0 spiro atoms. The molecule has 0 aliphatic carbocycles. The standard InChI is InChI=1S/C58H36O/c1-2-15-37(16-3-1)43-26-14-27-44(41-33-34-55-52(35-41)47-21-12-13-28-54(47)59-55)56(43)38-29-31-39(32-30-38)57-48-22-8-10-24-50(48)58(51-25-11-9-23-49(51)57)53-36-40-17-4-5-18-42(40)45-19-6-7-20-46(45)53/h1-36H. The van der Waals surface area contributed by atoms with Gasteiger partial charge in [-0.2, -0.15) is 0 Å². The Labute approximate surface area is 342 Å². The Balaban J connectivity index is 1.07. The summed E-state index contributed by atoms with van der Waals surface area (Å²) in [5, 5.41) is 12.3. The third kappa shape index (κ3) is 5.33. The molecular weight excluding hydrogens is 713 g/mol. The second kappa shape index (κ2) is 13.4. The fourth-order valence-electron chi connectivity index (χ4n) is 9.65.